The summed E-state index contributed by atoms with van der Waals surface area (Å²) in [5.41, 5.74) is 6.09. The molecule has 0 radical (unpaired) electrons. The standard InChI is InChI=1S/C26H28N2O3/c1-30-24-7-4-5-22(15-24)18-31-19-26(29)27-16-20-9-11-21(12-10-20)17-28-14-13-23-6-2-3-8-25(23)28/h2-12,15H,13-14,16-19H2,1H3,(H,27,29). The van der Waals surface area contributed by atoms with Crippen LogP contribution in [-0.2, 0) is 35.6 Å². The molecule has 1 aliphatic heterocycles. The largest absolute Gasteiger partial charge is 0.497 e. The Balaban J connectivity index is 1.20. The Morgan fingerprint density at radius 3 is 2.61 bits per heavy atom. The maximum absolute atomic E-state index is 12.1. The molecule has 1 heterocycles. The van der Waals surface area contributed by atoms with E-state index in [1.807, 2.05) is 24.3 Å². The second-order valence-electron chi connectivity index (χ2n) is 7.74. The summed E-state index contributed by atoms with van der Waals surface area (Å²) in [7, 11) is 1.63. The van der Waals surface area contributed by atoms with Crippen molar-refractivity contribution < 1.29 is 14.3 Å². The van der Waals surface area contributed by atoms with Gasteiger partial charge in [0.1, 0.15) is 12.4 Å². The van der Waals surface area contributed by atoms with Gasteiger partial charge in [0.05, 0.1) is 13.7 Å². The first-order chi connectivity index (χ1) is 15.2. The lowest BCUT2D eigenvalue weighted by Gasteiger charge is -2.19. The van der Waals surface area contributed by atoms with Crippen LogP contribution in [0.5, 0.6) is 5.75 Å². The monoisotopic (exact) mass is 416 g/mol. The summed E-state index contributed by atoms with van der Waals surface area (Å²) in [4.78, 5) is 14.5. The molecule has 0 fully saturated rings. The average Bonchev–Trinajstić information content (AvgIpc) is 3.21. The number of hydrogen-bond donors (Lipinski definition) is 1. The predicted octanol–water partition coefficient (Wildman–Crippen LogP) is 4.09. The number of nitrogens with one attached hydrogen (secondary N) is 1. The molecule has 0 aliphatic carbocycles. The van der Waals surface area contributed by atoms with Crippen LogP contribution in [0.4, 0.5) is 5.69 Å². The highest BCUT2D eigenvalue weighted by Gasteiger charge is 2.18. The number of anilines is 1. The van der Waals surface area contributed by atoms with Gasteiger partial charge in [0.15, 0.2) is 0 Å². The molecule has 0 saturated heterocycles. The number of hydrogen-bond acceptors (Lipinski definition) is 4. The van der Waals surface area contributed by atoms with Gasteiger partial charge in [-0.1, -0.05) is 54.6 Å². The lowest BCUT2D eigenvalue weighted by Crippen LogP contribution is -2.27. The van der Waals surface area contributed by atoms with Crippen molar-refractivity contribution >= 4 is 11.6 Å². The van der Waals surface area contributed by atoms with Crippen LogP contribution < -0.4 is 15.0 Å². The molecule has 0 saturated carbocycles. The van der Waals surface area contributed by atoms with E-state index >= 15 is 0 Å². The molecular weight excluding hydrogens is 388 g/mol. The molecule has 0 atom stereocenters. The van der Waals surface area contributed by atoms with Gasteiger partial charge in [0, 0.05) is 25.3 Å². The van der Waals surface area contributed by atoms with Gasteiger partial charge in [-0.3, -0.25) is 4.79 Å². The highest BCUT2D eigenvalue weighted by Crippen LogP contribution is 2.28. The van der Waals surface area contributed by atoms with Crippen LogP contribution in [0.1, 0.15) is 22.3 Å². The Hall–Kier alpha value is -3.31. The van der Waals surface area contributed by atoms with Gasteiger partial charge >= 0.3 is 0 Å². The van der Waals surface area contributed by atoms with Gasteiger partial charge < -0.3 is 19.7 Å². The van der Waals surface area contributed by atoms with Gasteiger partial charge in [0.25, 0.3) is 0 Å². The fraction of sp³-hybridized carbons (Fsp3) is 0.269. The molecule has 1 N–H and O–H groups in total. The quantitative estimate of drug-likeness (QED) is 0.571. The lowest BCUT2D eigenvalue weighted by molar-refractivity contribution is -0.126. The number of methoxy groups -OCH3 is 1. The zero-order chi connectivity index (χ0) is 21.5. The number of benzene rings is 3. The Labute approximate surface area is 183 Å². The average molecular weight is 417 g/mol. The second kappa shape index (κ2) is 10.1. The summed E-state index contributed by atoms with van der Waals surface area (Å²) in [6, 6.07) is 24.7. The molecule has 3 aromatic rings. The third-order valence-electron chi connectivity index (χ3n) is 5.51. The fourth-order valence-corrected chi connectivity index (χ4v) is 3.83. The molecule has 1 amide bonds. The van der Waals surface area contributed by atoms with Crippen LogP contribution in [-0.4, -0.2) is 26.2 Å². The van der Waals surface area contributed by atoms with Crippen molar-refractivity contribution in [1.82, 2.24) is 5.32 Å². The summed E-state index contributed by atoms with van der Waals surface area (Å²) in [5, 5.41) is 2.91. The predicted molar refractivity (Wildman–Crippen MR) is 122 cm³/mol. The topological polar surface area (TPSA) is 50.8 Å². The highest BCUT2D eigenvalue weighted by atomic mass is 16.5. The number of ether oxygens (including phenoxy) is 2. The molecule has 0 bridgehead atoms. The van der Waals surface area contributed by atoms with E-state index in [1.54, 1.807) is 7.11 Å². The first-order valence-corrected chi connectivity index (χ1v) is 10.6. The van der Waals surface area contributed by atoms with Crippen molar-refractivity contribution in [3.8, 4) is 5.75 Å². The molecule has 0 unspecified atom stereocenters. The lowest BCUT2D eigenvalue weighted by atomic mass is 10.1. The zero-order valence-electron chi connectivity index (χ0n) is 17.8. The maximum atomic E-state index is 12.1. The van der Waals surface area contributed by atoms with Crippen LogP contribution in [0.3, 0.4) is 0 Å². The van der Waals surface area contributed by atoms with E-state index in [0.29, 0.717) is 13.2 Å². The van der Waals surface area contributed by atoms with Crippen molar-refractivity contribution in [2.75, 3.05) is 25.2 Å². The minimum atomic E-state index is -0.124. The molecular formula is C26H28N2O3. The molecule has 3 aromatic carbocycles. The zero-order valence-corrected chi connectivity index (χ0v) is 17.8. The third-order valence-corrected chi connectivity index (χ3v) is 5.51. The minimum absolute atomic E-state index is 0.0314. The smallest absolute Gasteiger partial charge is 0.246 e. The molecule has 4 rings (SSSR count). The van der Waals surface area contributed by atoms with Crippen molar-refractivity contribution in [2.24, 2.45) is 0 Å². The number of carbonyl (C=O) groups excluding carboxylic acids is 1. The Kier molecular flexibility index (Phi) is 6.85. The van der Waals surface area contributed by atoms with Gasteiger partial charge in [-0.25, -0.2) is 0 Å². The summed E-state index contributed by atoms with van der Waals surface area (Å²) in [6.07, 6.45) is 1.11. The van der Waals surface area contributed by atoms with Gasteiger partial charge in [-0.05, 0) is 46.9 Å². The number of rotatable bonds is 9. The molecule has 0 spiro atoms. The molecule has 5 heteroatoms. The van der Waals surface area contributed by atoms with E-state index in [1.165, 1.54) is 16.8 Å². The van der Waals surface area contributed by atoms with E-state index in [-0.39, 0.29) is 12.5 Å². The minimum Gasteiger partial charge on any atom is -0.497 e. The van der Waals surface area contributed by atoms with Crippen molar-refractivity contribution in [2.45, 2.75) is 26.1 Å². The molecule has 160 valence electrons. The van der Waals surface area contributed by atoms with Crippen LogP contribution >= 0.6 is 0 Å². The van der Waals surface area contributed by atoms with E-state index in [0.717, 1.165) is 36.4 Å². The number of amides is 1. The van der Waals surface area contributed by atoms with Gasteiger partial charge in [-0.2, -0.15) is 0 Å². The fourth-order valence-electron chi connectivity index (χ4n) is 3.83. The first-order valence-electron chi connectivity index (χ1n) is 10.6. The molecule has 31 heavy (non-hydrogen) atoms. The Morgan fingerprint density at radius 2 is 1.77 bits per heavy atom. The van der Waals surface area contributed by atoms with Crippen molar-refractivity contribution in [3.63, 3.8) is 0 Å². The normalized spacial score (nSPS) is 12.5. The van der Waals surface area contributed by atoms with E-state index < -0.39 is 0 Å². The molecule has 1 aliphatic rings. The number of carbonyl (C=O) groups is 1. The summed E-state index contributed by atoms with van der Waals surface area (Å²) in [6.45, 7) is 2.87. The Morgan fingerprint density at radius 1 is 0.968 bits per heavy atom. The van der Waals surface area contributed by atoms with E-state index in [9.17, 15) is 4.79 Å². The maximum Gasteiger partial charge on any atom is 0.246 e. The first kappa shape index (κ1) is 20.9. The number of fused-ring (bicyclic) bond motifs is 1. The van der Waals surface area contributed by atoms with Crippen LogP contribution in [0, 0.1) is 0 Å². The van der Waals surface area contributed by atoms with Crippen molar-refractivity contribution in [1.29, 1.82) is 0 Å². The van der Waals surface area contributed by atoms with Gasteiger partial charge in [-0.15, -0.1) is 0 Å². The highest BCUT2D eigenvalue weighted by molar-refractivity contribution is 5.77. The van der Waals surface area contributed by atoms with E-state index in [4.69, 9.17) is 9.47 Å². The van der Waals surface area contributed by atoms with E-state index in [2.05, 4.69) is 58.7 Å². The van der Waals surface area contributed by atoms with Crippen LogP contribution in [0.2, 0.25) is 0 Å². The molecule has 5 nitrogen and oxygen atoms in total. The summed E-state index contributed by atoms with van der Waals surface area (Å²) in [5.74, 6) is 0.656. The van der Waals surface area contributed by atoms with Crippen LogP contribution in [0.25, 0.3) is 0 Å². The SMILES string of the molecule is COc1cccc(COCC(=O)NCc2ccc(CN3CCc4ccccc43)cc2)c1. The van der Waals surface area contributed by atoms with Crippen molar-refractivity contribution in [3.05, 3.63) is 95.1 Å². The summed E-state index contributed by atoms with van der Waals surface area (Å²) < 4.78 is 10.7. The Bertz CT molecular complexity index is 1020. The third kappa shape index (κ3) is 5.64. The van der Waals surface area contributed by atoms with Crippen LogP contribution in [0.15, 0.2) is 72.8 Å². The number of nitrogens with zero attached hydrogens (tertiary/aromatic N) is 1. The van der Waals surface area contributed by atoms with Gasteiger partial charge in [0.2, 0.25) is 5.91 Å². The second-order valence-corrected chi connectivity index (χ2v) is 7.74. The molecule has 0 aromatic heterocycles. The number of para-hydroxylation sites is 1. The summed E-state index contributed by atoms with van der Waals surface area (Å²) >= 11 is 0.